The predicted octanol–water partition coefficient (Wildman–Crippen LogP) is 8.62. The van der Waals surface area contributed by atoms with E-state index in [0.29, 0.717) is 17.2 Å². The number of ether oxygens (including phenoxy) is 16. The number of rotatable bonds is 29. The van der Waals surface area contributed by atoms with Crippen LogP contribution >= 0.6 is 0 Å². The maximum atomic E-state index is 7.43. The van der Waals surface area contributed by atoms with E-state index in [2.05, 4.69) is 0 Å². The van der Waals surface area contributed by atoms with Gasteiger partial charge in [-0.05, 0) is 106 Å². The maximum Gasteiger partial charge on any atom is 0.187 e. The normalized spacial score (nSPS) is 23.1. The Labute approximate surface area is 457 Å². The van der Waals surface area contributed by atoms with Crippen molar-refractivity contribution in [1.82, 2.24) is 0 Å². The maximum absolute atomic E-state index is 7.43. The third-order valence-electron chi connectivity index (χ3n) is 13.7. The van der Waals surface area contributed by atoms with Crippen molar-refractivity contribution in [3.05, 3.63) is 179 Å². The van der Waals surface area contributed by atoms with E-state index in [9.17, 15) is 0 Å². The molecule has 0 bridgehead atoms. The molecule has 0 aromatic heterocycles. The third kappa shape index (κ3) is 15.9. The zero-order valence-electron chi connectivity index (χ0n) is 45.4. The molecule has 2 aliphatic heterocycles. The number of nitrogens with two attached hydrogens (primary N) is 1. The zero-order chi connectivity index (χ0) is 54.6. The van der Waals surface area contributed by atoms with Crippen molar-refractivity contribution in [2.45, 2.75) is 101 Å². The summed E-state index contributed by atoms with van der Waals surface area (Å²) in [6.45, 7) is 1.28. The van der Waals surface area contributed by atoms with Crippen LogP contribution in [-0.2, 0) is 87.0 Å². The molecule has 2 aliphatic rings. The van der Waals surface area contributed by atoms with Crippen molar-refractivity contribution in [2.24, 2.45) is 5.73 Å². The topological polar surface area (TPSA) is 174 Å². The monoisotopic (exact) mass is 1080 g/mol. The molecule has 0 saturated carbocycles. The molecule has 2 fully saturated rings. The van der Waals surface area contributed by atoms with Gasteiger partial charge in [-0.1, -0.05) is 72.8 Å². The molecule has 6 aromatic carbocycles. The Hall–Kier alpha value is -6.32. The summed E-state index contributed by atoms with van der Waals surface area (Å²) >= 11 is 0. The van der Waals surface area contributed by atoms with Crippen LogP contribution < -0.4 is 34.2 Å². The van der Waals surface area contributed by atoms with Gasteiger partial charge < -0.3 is 81.5 Å². The fraction of sp³-hybridized carbons (Fsp3) is 0.410. The van der Waals surface area contributed by atoms with Gasteiger partial charge in [-0.3, -0.25) is 0 Å². The van der Waals surface area contributed by atoms with Crippen LogP contribution in [0.2, 0.25) is 0 Å². The Kier molecular flexibility index (Phi) is 21.9. The lowest BCUT2D eigenvalue weighted by molar-refractivity contribution is -0.361. The Morgan fingerprint density at radius 1 is 0.321 bits per heavy atom. The van der Waals surface area contributed by atoms with Gasteiger partial charge in [-0.25, -0.2) is 0 Å². The van der Waals surface area contributed by atoms with Crippen molar-refractivity contribution in [3.63, 3.8) is 0 Å². The predicted molar refractivity (Wildman–Crippen MR) is 289 cm³/mol. The van der Waals surface area contributed by atoms with Crippen LogP contribution in [0.3, 0.4) is 0 Å². The fourth-order valence-electron chi connectivity index (χ4n) is 9.23. The molecule has 6 aromatic rings. The SMILES string of the molecule is COc1ccc(COC[C@H]2O[C@@H](N)[C@H](OCc3ccc(OC)cc3)[C@@H](OCc3ccc(OC)cc3)[C@@H]2O[C@@H]2O[C@H](COCc3ccc(OC)cc3)[C@@H](OC)[C@H](OCc3ccc(OC)cc3)[C@H]2OCc2ccc(OC)cc2)cc1. The molecule has 2 N–H and O–H groups in total. The van der Waals surface area contributed by atoms with Crippen LogP contribution in [-0.4, -0.2) is 124 Å². The first-order valence-electron chi connectivity index (χ1n) is 25.9. The number of hydrogen-bond acceptors (Lipinski definition) is 17. The molecule has 2 heterocycles. The first-order chi connectivity index (χ1) is 38.2. The highest BCUT2D eigenvalue weighted by Crippen LogP contribution is 2.36. The standard InChI is InChI=1S/C61H73NO16/c1-63-46-20-8-40(9-21-46)32-70-38-52-54(69-7)56(72-34-42-12-24-48(65-3)25-13-42)59(75-37-45-18-30-51(68-6)31-19-45)61(77-52)78-55-53(39-71-33-41-10-22-47(64-2)23-11-41)76-60(62)58(74-36-44-16-28-50(67-5)29-17-44)57(55)73-35-43-14-26-49(66-4)27-15-43/h8-31,52-61H,32-39,62H2,1-7H3/t52-,53-,54-,55-,56+,57+,58-,59-,60-,61+/m1/s1. The van der Waals surface area contributed by atoms with E-state index in [1.165, 1.54) is 0 Å². The van der Waals surface area contributed by atoms with Crippen molar-refractivity contribution >= 4 is 0 Å². The minimum Gasteiger partial charge on any atom is -0.497 e. The molecule has 418 valence electrons. The second-order valence-electron chi connectivity index (χ2n) is 18.7. The van der Waals surface area contributed by atoms with E-state index in [-0.39, 0.29) is 52.9 Å². The lowest BCUT2D eigenvalue weighted by atomic mass is 9.95. The molecule has 0 spiro atoms. The van der Waals surface area contributed by atoms with Gasteiger partial charge in [0.05, 0.1) is 95.5 Å². The quantitative estimate of drug-likeness (QED) is 0.0472. The molecule has 0 aliphatic carbocycles. The lowest BCUT2D eigenvalue weighted by Gasteiger charge is -2.49. The third-order valence-corrected chi connectivity index (χ3v) is 13.7. The Morgan fingerprint density at radius 3 is 0.923 bits per heavy atom. The summed E-state index contributed by atoms with van der Waals surface area (Å²) in [5, 5.41) is 0. The van der Waals surface area contributed by atoms with E-state index in [0.717, 1.165) is 50.6 Å². The van der Waals surface area contributed by atoms with Gasteiger partial charge in [0.15, 0.2) is 6.29 Å². The molecule has 17 nitrogen and oxygen atoms in total. The molecule has 0 radical (unpaired) electrons. The number of hydrogen-bond donors (Lipinski definition) is 1. The average molecular weight is 1080 g/mol. The van der Waals surface area contributed by atoms with E-state index in [1.807, 2.05) is 146 Å². The van der Waals surface area contributed by atoms with Crippen LogP contribution in [0.4, 0.5) is 0 Å². The van der Waals surface area contributed by atoms with Gasteiger partial charge in [-0.2, -0.15) is 0 Å². The molecule has 17 heteroatoms. The van der Waals surface area contributed by atoms with Crippen LogP contribution in [0, 0.1) is 0 Å². The molecule has 78 heavy (non-hydrogen) atoms. The zero-order valence-corrected chi connectivity index (χ0v) is 45.4. The summed E-state index contributed by atoms with van der Waals surface area (Å²) in [6.07, 6.45) is -8.97. The largest absolute Gasteiger partial charge is 0.497 e. The highest BCUT2D eigenvalue weighted by atomic mass is 16.7. The molecular formula is C61H73NO16. The van der Waals surface area contributed by atoms with Crippen LogP contribution in [0.25, 0.3) is 0 Å². The molecule has 0 amide bonds. The fourth-order valence-corrected chi connectivity index (χ4v) is 9.23. The van der Waals surface area contributed by atoms with Gasteiger partial charge >= 0.3 is 0 Å². The first-order valence-corrected chi connectivity index (χ1v) is 25.9. The molecule has 8 rings (SSSR count). The first kappa shape index (κ1) is 57.8. The summed E-state index contributed by atoms with van der Waals surface area (Å²) in [6, 6.07) is 45.9. The number of methoxy groups -OCH3 is 7. The number of benzene rings is 6. The summed E-state index contributed by atoms with van der Waals surface area (Å²) in [5.74, 6) is 4.31. The average Bonchev–Trinajstić information content (AvgIpc) is 3.61. The van der Waals surface area contributed by atoms with Gasteiger partial charge in [0.2, 0.25) is 0 Å². The van der Waals surface area contributed by atoms with Crippen molar-refractivity contribution in [3.8, 4) is 34.5 Å². The summed E-state index contributed by atoms with van der Waals surface area (Å²) in [7, 11) is 11.4. The van der Waals surface area contributed by atoms with Crippen molar-refractivity contribution in [2.75, 3.05) is 63.0 Å². The second kappa shape index (κ2) is 29.6. The van der Waals surface area contributed by atoms with Crippen LogP contribution in [0.5, 0.6) is 34.5 Å². The second-order valence-corrected chi connectivity index (χ2v) is 18.7. The van der Waals surface area contributed by atoms with Gasteiger partial charge in [0.1, 0.15) is 89.6 Å². The van der Waals surface area contributed by atoms with Gasteiger partial charge in [0.25, 0.3) is 0 Å². The van der Waals surface area contributed by atoms with Gasteiger partial charge in [-0.15, -0.1) is 0 Å². The highest BCUT2D eigenvalue weighted by molar-refractivity contribution is 5.31. The smallest absolute Gasteiger partial charge is 0.187 e. The summed E-state index contributed by atoms with van der Waals surface area (Å²) < 4.78 is 101. The lowest BCUT2D eigenvalue weighted by Crippen LogP contribution is -2.67. The Morgan fingerprint density at radius 2 is 0.603 bits per heavy atom. The Balaban J connectivity index is 1.17. The van der Waals surface area contributed by atoms with E-state index < -0.39 is 61.3 Å². The molecule has 10 atom stereocenters. The highest BCUT2D eigenvalue weighted by Gasteiger charge is 2.54. The van der Waals surface area contributed by atoms with E-state index >= 15 is 0 Å². The summed E-state index contributed by atoms with van der Waals surface area (Å²) in [4.78, 5) is 0. The van der Waals surface area contributed by atoms with Gasteiger partial charge in [0, 0.05) is 7.11 Å². The van der Waals surface area contributed by atoms with Crippen LogP contribution in [0.1, 0.15) is 33.4 Å². The molecular weight excluding hydrogens is 1000 g/mol. The minimum atomic E-state index is -1.17. The van der Waals surface area contributed by atoms with E-state index in [1.54, 1.807) is 49.8 Å². The van der Waals surface area contributed by atoms with Crippen LogP contribution in [0.15, 0.2) is 146 Å². The molecule has 0 unspecified atom stereocenters. The Bertz CT molecular complexity index is 2640. The summed E-state index contributed by atoms with van der Waals surface area (Å²) in [5.41, 5.74) is 12.4. The molecule has 2 saturated heterocycles. The minimum absolute atomic E-state index is 0.0363. The van der Waals surface area contributed by atoms with Crippen molar-refractivity contribution < 1.29 is 75.8 Å². The van der Waals surface area contributed by atoms with Crippen molar-refractivity contribution in [1.29, 1.82) is 0 Å². The van der Waals surface area contributed by atoms with E-state index in [4.69, 9.17) is 81.5 Å².